The molecule has 6 nitrogen and oxygen atoms in total. The third kappa shape index (κ3) is 4.66. The molecular weight excluding hydrogens is 398 g/mol. The Morgan fingerprint density at radius 1 is 1.18 bits per heavy atom. The molecular formula is C20H20ClN3O3S. The lowest BCUT2D eigenvalue weighted by atomic mass is 10.1. The highest BCUT2D eigenvalue weighted by molar-refractivity contribution is 8.00. The minimum absolute atomic E-state index is 0.225. The van der Waals surface area contributed by atoms with E-state index < -0.39 is 5.25 Å². The fourth-order valence-corrected chi connectivity index (χ4v) is 3.32. The number of carbonyl (C=O) groups excluding carboxylic acids is 1. The summed E-state index contributed by atoms with van der Waals surface area (Å²) in [6.07, 6.45) is 0. The van der Waals surface area contributed by atoms with E-state index in [0.717, 1.165) is 11.1 Å². The van der Waals surface area contributed by atoms with Crippen LogP contribution in [-0.2, 0) is 4.79 Å². The summed E-state index contributed by atoms with van der Waals surface area (Å²) in [4.78, 5) is 12.5. The Morgan fingerprint density at radius 3 is 2.68 bits per heavy atom. The van der Waals surface area contributed by atoms with Crippen molar-refractivity contribution in [3.63, 3.8) is 0 Å². The van der Waals surface area contributed by atoms with Gasteiger partial charge in [-0.2, -0.15) is 0 Å². The summed E-state index contributed by atoms with van der Waals surface area (Å²) in [5.74, 6) is 0.732. The summed E-state index contributed by atoms with van der Waals surface area (Å²) in [7, 11) is 1.53. The van der Waals surface area contributed by atoms with Gasteiger partial charge in [0.2, 0.25) is 11.8 Å². The number of rotatable bonds is 6. The standard InChI is InChI=1S/C20H20ClN3O3S/c1-11-5-6-14(9-12(11)2)19-23-24-20(27-19)28-13(3)18(25)22-16-10-15(21)7-8-17(16)26-4/h5-10,13H,1-4H3,(H,22,25)/t13-/m0/s1. The number of benzene rings is 2. The van der Waals surface area contributed by atoms with E-state index in [2.05, 4.69) is 15.5 Å². The molecule has 0 fully saturated rings. The van der Waals surface area contributed by atoms with Gasteiger partial charge in [-0.1, -0.05) is 29.4 Å². The lowest BCUT2D eigenvalue weighted by Gasteiger charge is -2.13. The molecule has 8 heteroatoms. The molecule has 1 heterocycles. The molecule has 0 saturated carbocycles. The number of carbonyl (C=O) groups is 1. The second-order valence-electron chi connectivity index (χ2n) is 6.27. The topological polar surface area (TPSA) is 77.2 Å². The van der Waals surface area contributed by atoms with Crippen molar-refractivity contribution in [2.24, 2.45) is 0 Å². The third-order valence-electron chi connectivity index (χ3n) is 4.23. The van der Waals surface area contributed by atoms with Crippen LogP contribution in [0.2, 0.25) is 5.02 Å². The van der Waals surface area contributed by atoms with E-state index in [4.69, 9.17) is 20.8 Å². The number of methoxy groups -OCH3 is 1. The van der Waals surface area contributed by atoms with Crippen LogP contribution in [0.5, 0.6) is 5.75 Å². The predicted octanol–water partition coefficient (Wildman–Crippen LogP) is 5.13. The van der Waals surface area contributed by atoms with E-state index in [1.807, 2.05) is 32.0 Å². The number of hydrogen-bond acceptors (Lipinski definition) is 6. The van der Waals surface area contributed by atoms with Gasteiger partial charge in [-0.3, -0.25) is 4.79 Å². The van der Waals surface area contributed by atoms with E-state index in [1.165, 1.54) is 24.4 Å². The number of ether oxygens (including phenoxy) is 1. The summed E-state index contributed by atoms with van der Waals surface area (Å²) in [5.41, 5.74) is 3.70. The molecule has 3 rings (SSSR count). The second-order valence-corrected chi connectivity index (χ2v) is 7.99. The summed E-state index contributed by atoms with van der Waals surface area (Å²) in [5, 5.41) is 11.3. The molecule has 0 aliphatic carbocycles. The molecule has 1 N–H and O–H groups in total. The van der Waals surface area contributed by atoms with Crippen molar-refractivity contribution in [3.05, 3.63) is 52.5 Å². The number of aryl methyl sites for hydroxylation is 2. The van der Waals surface area contributed by atoms with Crippen molar-refractivity contribution in [1.29, 1.82) is 0 Å². The van der Waals surface area contributed by atoms with Crippen molar-refractivity contribution >= 4 is 35.0 Å². The van der Waals surface area contributed by atoms with Crippen molar-refractivity contribution in [2.45, 2.75) is 31.2 Å². The van der Waals surface area contributed by atoms with Crippen molar-refractivity contribution in [2.75, 3.05) is 12.4 Å². The van der Waals surface area contributed by atoms with E-state index in [0.29, 0.717) is 27.6 Å². The van der Waals surface area contributed by atoms with E-state index in [1.54, 1.807) is 25.1 Å². The molecule has 28 heavy (non-hydrogen) atoms. The van der Waals surface area contributed by atoms with Crippen LogP contribution in [0.4, 0.5) is 5.69 Å². The maximum Gasteiger partial charge on any atom is 0.277 e. The number of thioether (sulfide) groups is 1. The zero-order chi connectivity index (χ0) is 20.3. The largest absolute Gasteiger partial charge is 0.495 e. The van der Waals surface area contributed by atoms with Gasteiger partial charge in [0.25, 0.3) is 5.22 Å². The zero-order valence-electron chi connectivity index (χ0n) is 15.9. The highest BCUT2D eigenvalue weighted by Gasteiger charge is 2.20. The Kier molecular flexibility index (Phi) is 6.26. The molecule has 0 radical (unpaired) electrons. The Hall–Kier alpha value is -2.51. The van der Waals surface area contributed by atoms with Crippen LogP contribution in [0.25, 0.3) is 11.5 Å². The van der Waals surface area contributed by atoms with Crippen LogP contribution in [0.3, 0.4) is 0 Å². The molecule has 0 aliphatic rings. The Bertz CT molecular complexity index is 1010. The Balaban J connectivity index is 1.69. The molecule has 0 unspecified atom stereocenters. The number of hydrogen-bond donors (Lipinski definition) is 1. The molecule has 0 spiro atoms. The molecule has 3 aromatic rings. The second kappa shape index (κ2) is 8.67. The van der Waals surface area contributed by atoms with Crippen LogP contribution >= 0.6 is 23.4 Å². The monoisotopic (exact) mass is 417 g/mol. The van der Waals surface area contributed by atoms with Gasteiger partial charge in [-0.25, -0.2) is 0 Å². The number of nitrogens with zero attached hydrogens (tertiary/aromatic N) is 2. The first-order chi connectivity index (χ1) is 13.4. The van der Waals surface area contributed by atoms with Gasteiger partial charge in [0.1, 0.15) is 5.75 Å². The minimum atomic E-state index is -0.461. The van der Waals surface area contributed by atoms with E-state index in [-0.39, 0.29) is 5.91 Å². The molecule has 0 bridgehead atoms. The molecule has 2 aromatic carbocycles. The first-order valence-corrected chi connectivity index (χ1v) is 9.85. The molecule has 0 saturated heterocycles. The van der Waals surface area contributed by atoms with Crippen LogP contribution in [0.15, 0.2) is 46.0 Å². The average molecular weight is 418 g/mol. The number of amides is 1. The van der Waals surface area contributed by atoms with Crippen LogP contribution in [0.1, 0.15) is 18.1 Å². The number of anilines is 1. The SMILES string of the molecule is COc1ccc(Cl)cc1NC(=O)[C@H](C)Sc1nnc(-c2ccc(C)c(C)c2)o1. The maximum absolute atomic E-state index is 12.5. The molecule has 0 aliphatic heterocycles. The van der Waals surface area contributed by atoms with Gasteiger partial charge >= 0.3 is 0 Å². The maximum atomic E-state index is 12.5. The van der Waals surface area contributed by atoms with Crippen molar-refractivity contribution in [3.8, 4) is 17.2 Å². The Labute approximate surface area is 172 Å². The summed E-state index contributed by atoms with van der Waals surface area (Å²) < 4.78 is 11.0. The zero-order valence-corrected chi connectivity index (χ0v) is 17.5. The fraction of sp³-hybridized carbons (Fsp3) is 0.250. The quantitative estimate of drug-likeness (QED) is 0.560. The van der Waals surface area contributed by atoms with Crippen LogP contribution < -0.4 is 10.1 Å². The van der Waals surface area contributed by atoms with Gasteiger partial charge < -0.3 is 14.5 Å². The third-order valence-corrected chi connectivity index (χ3v) is 5.40. The number of halogens is 1. The normalized spacial score (nSPS) is 11.9. The summed E-state index contributed by atoms with van der Waals surface area (Å²) >= 11 is 7.19. The van der Waals surface area contributed by atoms with Gasteiger partial charge in [-0.15, -0.1) is 10.2 Å². The summed E-state index contributed by atoms with van der Waals surface area (Å²) in [6, 6.07) is 11.0. The van der Waals surface area contributed by atoms with Gasteiger partial charge in [0, 0.05) is 10.6 Å². The highest BCUT2D eigenvalue weighted by Crippen LogP contribution is 2.30. The molecule has 1 atom stereocenters. The molecule has 1 amide bonds. The fourth-order valence-electron chi connectivity index (χ4n) is 2.47. The van der Waals surface area contributed by atoms with Crippen LogP contribution in [0, 0.1) is 13.8 Å². The molecule has 1 aromatic heterocycles. The lowest BCUT2D eigenvalue weighted by Crippen LogP contribution is -2.22. The van der Waals surface area contributed by atoms with Gasteiger partial charge in [0.05, 0.1) is 18.0 Å². The van der Waals surface area contributed by atoms with Gasteiger partial charge in [-0.05, 0) is 62.2 Å². The first-order valence-electron chi connectivity index (χ1n) is 8.59. The average Bonchev–Trinajstić information content (AvgIpc) is 3.12. The minimum Gasteiger partial charge on any atom is -0.495 e. The summed E-state index contributed by atoms with van der Waals surface area (Å²) in [6.45, 7) is 5.84. The smallest absolute Gasteiger partial charge is 0.277 e. The molecule has 146 valence electrons. The predicted molar refractivity (Wildman–Crippen MR) is 111 cm³/mol. The number of nitrogens with one attached hydrogen (secondary N) is 1. The number of aromatic nitrogens is 2. The highest BCUT2D eigenvalue weighted by atomic mass is 35.5. The first kappa shape index (κ1) is 20.2. The van der Waals surface area contributed by atoms with Crippen molar-refractivity contribution in [1.82, 2.24) is 10.2 Å². The van der Waals surface area contributed by atoms with E-state index >= 15 is 0 Å². The Morgan fingerprint density at radius 2 is 1.96 bits per heavy atom. The van der Waals surface area contributed by atoms with E-state index in [9.17, 15) is 4.79 Å². The van der Waals surface area contributed by atoms with Crippen molar-refractivity contribution < 1.29 is 13.9 Å². The van der Waals surface area contributed by atoms with Crippen LogP contribution in [-0.4, -0.2) is 28.5 Å². The lowest BCUT2D eigenvalue weighted by molar-refractivity contribution is -0.115. The van der Waals surface area contributed by atoms with Gasteiger partial charge in [0.15, 0.2) is 0 Å².